The van der Waals surface area contributed by atoms with E-state index in [1.54, 1.807) is 23.9 Å². The van der Waals surface area contributed by atoms with E-state index in [9.17, 15) is 28.2 Å². The number of fused-ring (bicyclic) bond motifs is 2. The van der Waals surface area contributed by atoms with Gasteiger partial charge in [-0.05, 0) is 55.7 Å². The Morgan fingerprint density at radius 1 is 1.13 bits per heavy atom. The molecule has 0 heterocycles. The summed E-state index contributed by atoms with van der Waals surface area (Å²) in [6.07, 6.45) is 2.97. The van der Waals surface area contributed by atoms with E-state index in [1.165, 1.54) is 6.07 Å². The van der Waals surface area contributed by atoms with Crippen LogP contribution in [0.15, 0.2) is 35.2 Å². The number of carbonyl (C=O) groups is 1. The molecule has 2 saturated carbocycles. The molecule has 9 heteroatoms. The van der Waals surface area contributed by atoms with Crippen LogP contribution in [0.25, 0.3) is 0 Å². The second-order valence-electron chi connectivity index (χ2n) is 8.32. The number of rotatable bonds is 5. The molecule has 166 valence electrons. The second kappa shape index (κ2) is 8.65. The van der Waals surface area contributed by atoms with Crippen molar-refractivity contribution in [2.24, 2.45) is 11.8 Å². The zero-order valence-corrected chi connectivity index (χ0v) is 17.9. The predicted octanol–water partition coefficient (Wildman–Crippen LogP) is 5.01. The van der Waals surface area contributed by atoms with Gasteiger partial charge in [0.05, 0.1) is 17.2 Å². The van der Waals surface area contributed by atoms with Gasteiger partial charge in [0.2, 0.25) is 0 Å². The lowest BCUT2D eigenvalue weighted by atomic mass is 9.77. The predicted molar refractivity (Wildman–Crippen MR) is 113 cm³/mol. The average molecular weight is 472 g/mol. The first-order valence-corrected chi connectivity index (χ1v) is 11.2. The number of hydrogen-bond acceptors (Lipinski definition) is 4. The summed E-state index contributed by atoms with van der Waals surface area (Å²) in [6.45, 7) is -0.252. The van der Waals surface area contributed by atoms with Crippen molar-refractivity contribution in [2.45, 2.75) is 41.4 Å². The number of nitrogens with one attached hydrogen (secondary N) is 1. The molecule has 2 bridgehead atoms. The number of anilines is 1. The van der Waals surface area contributed by atoms with Crippen LogP contribution in [0, 0.1) is 29.3 Å². The summed E-state index contributed by atoms with van der Waals surface area (Å²) < 4.78 is 39.9. The Kier molecular flexibility index (Phi) is 6.27. The van der Waals surface area contributed by atoms with Gasteiger partial charge in [0.15, 0.2) is 17.5 Å². The molecule has 1 amide bonds. The first-order chi connectivity index (χ1) is 14.7. The monoisotopic (exact) mass is 471 g/mol. The summed E-state index contributed by atoms with van der Waals surface area (Å²) in [6, 6.07) is 6.12. The highest BCUT2D eigenvalue weighted by Gasteiger charge is 2.49. The van der Waals surface area contributed by atoms with Crippen LogP contribution in [-0.2, 0) is 0 Å². The number of aliphatic hydroxyl groups is 2. The summed E-state index contributed by atoms with van der Waals surface area (Å²) in [5.74, 6) is -4.51. The zero-order valence-electron chi connectivity index (χ0n) is 16.4. The van der Waals surface area contributed by atoms with Gasteiger partial charge < -0.3 is 15.5 Å². The highest BCUT2D eigenvalue weighted by Crippen LogP contribution is 2.53. The van der Waals surface area contributed by atoms with E-state index < -0.39 is 29.0 Å². The number of benzene rings is 2. The molecule has 2 aromatic carbocycles. The lowest BCUT2D eigenvalue weighted by Crippen LogP contribution is -2.44. The first-order valence-electron chi connectivity index (χ1n) is 9.94. The van der Waals surface area contributed by atoms with E-state index in [2.05, 4.69) is 5.32 Å². The SMILES string of the molecule is O=C(Nc1cc(F)c(F)c(F)c1)c1ccc(Cl)c(SC2C3CC[C@H]2CC(O)(CO)C3)c1. The van der Waals surface area contributed by atoms with Crippen LogP contribution < -0.4 is 5.32 Å². The molecule has 0 aliphatic heterocycles. The molecule has 4 rings (SSSR count). The normalized spacial score (nSPS) is 27.4. The Hall–Kier alpha value is -1.74. The third-order valence-corrected chi connectivity index (χ3v) is 8.19. The number of amides is 1. The topological polar surface area (TPSA) is 69.6 Å². The fourth-order valence-electron chi connectivity index (χ4n) is 4.67. The van der Waals surface area contributed by atoms with Gasteiger partial charge in [0, 0.05) is 33.5 Å². The minimum absolute atomic E-state index is 0.195. The minimum Gasteiger partial charge on any atom is -0.393 e. The van der Waals surface area contributed by atoms with Crippen molar-refractivity contribution in [3.8, 4) is 0 Å². The van der Waals surface area contributed by atoms with E-state index in [-0.39, 0.29) is 34.9 Å². The second-order valence-corrected chi connectivity index (χ2v) is 9.95. The fourth-order valence-corrected chi connectivity index (χ4v) is 6.44. The van der Waals surface area contributed by atoms with Crippen molar-refractivity contribution in [1.82, 2.24) is 0 Å². The van der Waals surface area contributed by atoms with Gasteiger partial charge in [-0.3, -0.25) is 4.79 Å². The number of aliphatic hydroxyl groups excluding tert-OH is 1. The maximum atomic E-state index is 13.4. The van der Waals surface area contributed by atoms with E-state index in [0.29, 0.717) is 34.9 Å². The summed E-state index contributed by atoms with van der Waals surface area (Å²) in [7, 11) is 0. The maximum Gasteiger partial charge on any atom is 0.255 e. The Bertz CT molecular complexity index is 984. The molecule has 2 fully saturated rings. The van der Waals surface area contributed by atoms with Gasteiger partial charge in [0.1, 0.15) is 0 Å². The van der Waals surface area contributed by atoms with Gasteiger partial charge in [-0.1, -0.05) is 11.6 Å². The molecule has 0 aromatic heterocycles. The van der Waals surface area contributed by atoms with Gasteiger partial charge in [-0.25, -0.2) is 13.2 Å². The number of halogens is 4. The summed E-state index contributed by atoms with van der Waals surface area (Å²) in [5.41, 5.74) is -0.986. The molecule has 0 radical (unpaired) electrons. The molecule has 0 spiro atoms. The number of carbonyl (C=O) groups excluding carboxylic acids is 1. The molecule has 31 heavy (non-hydrogen) atoms. The Morgan fingerprint density at radius 2 is 1.74 bits per heavy atom. The van der Waals surface area contributed by atoms with Crippen LogP contribution in [0.1, 0.15) is 36.0 Å². The number of hydrogen-bond donors (Lipinski definition) is 3. The van der Waals surface area contributed by atoms with Crippen molar-refractivity contribution in [1.29, 1.82) is 0 Å². The molecule has 2 aliphatic carbocycles. The lowest BCUT2D eigenvalue weighted by Gasteiger charge is -2.40. The molecular formula is C22H21ClF3NO3S. The number of thioether (sulfide) groups is 1. The summed E-state index contributed by atoms with van der Waals surface area (Å²) in [5, 5.41) is 23.1. The van der Waals surface area contributed by atoms with Gasteiger partial charge in [-0.2, -0.15) is 0 Å². The quantitative estimate of drug-likeness (QED) is 0.536. The summed E-state index contributed by atoms with van der Waals surface area (Å²) in [4.78, 5) is 13.3. The lowest BCUT2D eigenvalue weighted by molar-refractivity contribution is -0.0590. The van der Waals surface area contributed by atoms with E-state index in [4.69, 9.17) is 11.6 Å². The average Bonchev–Trinajstić information content (AvgIpc) is 2.97. The minimum atomic E-state index is -1.60. The van der Waals surface area contributed by atoms with Crippen LogP contribution in [0.2, 0.25) is 5.02 Å². The van der Waals surface area contributed by atoms with Crippen molar-refractivity contribution in [3.05, 3.63) is 58.4 Å². The molecule has 4 atom stereocenters. The van der Waals surface area contributed by atoms with Crippen molar-refractivity contribution in [3.63, 3.8) is 0 Å². The molecule has 4 nitrogen and oxygen atoms in total. The third-order valence-electron chi connectivity index (χ3n) is 6.11. The Morgan fingerprint density at radius 3 is 2.32 bits per heavy atom. The van der Waals surface area contributed by atoms with E-state index in [0.717, 1.165) is 12.8 Å². The summed E-state index contributed by atoms with van der Waals surface area (Å²) >= 11 is 7.91. The van der Waals surface area contributed by atoms with Crippen LogP contribution in [0.4, 0.5) is 18.9 Å². The van der Waals surface area contributed by atoms with Crippen LogP contribution >= 0.6 is 23.4 Å². The third kappa shape index (κ3) is 4.58. The molecule has 2 aliphatic rings. The van der Waals surface area contributed by atoms with Gasteiger partial charge >= 0.3 is 0 Å². The van der Waals surface area contributed by atoms with Crippen molar-refractivity contribution in [2.75, 3.05) is 11.9 Å². The van der Waals surface area contributed by atoms with Gasteiger partial charge in [0.25, 0.3) is 5.91 Å². The Labute approximate surface area is 186 Å². The smallest absolute Gasteiger partial charge is 0.255 e. The van der Waals surface area contributed by atoms with Crippen LogP contribution in [0.3, 0.4) is 0 Å². The highest BCUT2D eigenvalue weighted by molar-refractivity contribution is 8.00. The molecule has 2 aromatic rings. The first kappa shape index (κ1) is 22.5. The van der Waals surface area contributed by atoms with E-state index in [1.807, 2.05) is 0 Å². The van der Waals surface area contributed by atoms with E-state index >= 15 is 0 Å². The van der Waals surface area contributed by atoms with Crippen LogP contribution in [-0.4, -0.2) is 33.6 Å². The van der Waals surface area contributed by atoms with Crippen molar-refractivity contribution < 1.29 is 28.2 Å². The fraction of sp³-hybridized carbons (Fsp3) is 0.409. The Balaban J connectivity index is 1.51. The largest absolute Gasteiger partial charge is 0.393 e. The molecule has 0 saturated heterocycles. The molecule has 3 unspecified atom stereocenters. The molecular weight excluding hydrogens is 451 g/mol. The van der Waals surface area contributed by atoms with Crippen LogP contribution in [0.5, 0.6) is 0 Å². The molecule has 3 N–H and O–H groups in total. The van der Waals surface area contributed by atoms with Gasteiger partial charge in [-0.15, -0.1) is 11.8 Å². The zero-order chi connectivity index (χ0) is 22.3. The maximum absolute atomic E-state index is 13.4. The standard InChI is InChI=1S/C22H21ClF3NO3S/c23-15-4-3-11(21(29)27-14-6-16(24)19(26)17(25)7-14)5-18(15)31-20-12-1-2-13(20)9-22(30,8-12)10-28/h3-7,12-13,20,28,30H,1-2,8-10H2,(H,27,29)/t12-,13?,20?,22?/m0/s1. The highest BCUT2D eigenvalue weighted by atomic mass is 35.5. The van der Waals surface area contributed by atoms with Crippen molar-refractivity contribution >= 4 is 35.0 Å².